The van der Waals surface area contributed by atoms with Crippen LogP contribution in [0.2, 0.25) is 4.34 Å². The number of thiophene rings is 1. The minimum Gasteiger partial charge on any atom is -0.467 e. The third kappa shape index (κ3) is 3.75. The van der Waals surface area contributed by atoms with Crippen LogP contribution in [-0.2, 0) is 6.54 Å². The van der Waals surface area contributed by atoms with Crippen molar-refractivity contribution in [3.63, 3.8) is 0 Å². The molecular formula is C13H15ClN2O2S. The topological polar surface area (TPSA) is 45.5 Å². The second-order valence-corrected chi connectivity index (χ2v) is 6.00. The maximum Gasteiger partial charge on any atom is 0.318 e. The molecule has 0 aliphatic heterocycles. The van der Waals surface area contributed by atoms with Crippen LogP contribution in [-0.4, -0.2) is 18.0 Å². The summed E-state index contributed by atoms with van der Waals surface area (Å²) in [5.41, 5.74) is 0. The van der Waals surface area contributed by atoms with Crippen molar-refractivity contribution in [2.24, 2.45) is 0 Å². The molecule has 0 radical (unpaired) electrons. The summed E-state index contributed by atoms with van der Waals surface area (Å²) >= 11 is 7.35. The first-order valence-electron chi connectivity index (χ1n) is 5.85. The van der Waals surface area contributed by atoms with Gasteiger partial charge in [-0.05, 0) is 31.2 Å². The lowest BCUT2D eigenvalue weighted by molar-refractivity contribution is 0.200. The molecule has 1 atom stereocenters. The molecule has 1 N–H and O–H groups in total. The quantitative estimate of drug-likeness (QED) is 0.930. The molecule has 0 spiro atoms. The van der Waals surface area contributed by atoms with Gasteiger partial charge in [0.1, 0.15) is 5.76 Å². The van der Waals surface area contributed by atoms with Crippen molar-refractivity contribution in [2.45, 2.75) is 19.5 Å². The van der Waals surface area contributed by atoms with Crippen molar-refractivity contribution in [2.75, 3.05) is 7.05 Å². The van der Waals surface area contributed by atoms with E-state index < -0.39 is 0 Å². The van der Waals surface area contributed by atoms with E-state index in [9.17, 15) is 4.79 Å². The number of hydrogen-bond acceptors (Lipinski definition) is 3. The zero-order valence-corrected chi connectivity index (χ0v) is 12.3. The highest BCUT2D eigenvalue weighted by Crippen LogP contribution is 2.26. The van der Waals surface area contributed by atoms with Crippen LogP contribution in [0.25, 0.3) is 0 Å². The van der Waals surface area contributed by atoms with Crippen LogP contribution in [0.15, 0.2) is 34.9 Å². The number of amides is 2. The van der Waals surface area contributed by atoms with Crippen molar-refractivity contribution in [1.82, 2.24) is 10.2 Å². The van der Waals surface area contributed by atoms with Crippen molar-refractivity contribution in [3.8, 4) is 0 Å². The number of rotatable bonds is 4. The molecule has 2 amide bonds. The molecule has 0 aliphatic carbocycles. The van der Waals surface area contributed by atoms with Gasteiger partial charge in [0.15, 0.2) is 0 Å². The van der Waals surface area contributed by atoms with Crippen LogP contribution in [0.3, 0.4) is 0 Å². The van der Waals surface area contributed by atoms with Crippen LogP contribution >= 0.6 is 22.9 Å². The Morgan fingerprint density at radius 3 is 2.89 bits per heavy atom. The molecule has 0 unspecified atom stereocenters. The summed E-state index contributed by atoms with van der Waals surface area (Å²) in [6, 6.07) is 7.18. The van der Waals surface area contributed by atoms with E-state index in [1.807, 2.05) is 25.1 Å². The Bertz CT molecular complexity index is 539. The number of nitrogens with one attached hydrogen (secondary N) is 1. The van der Waals surface area contributed by atoms with Gasteiger partial charge in [0.05, 0.1) is 23.2 Å². The molecule has 0 saturated carbocycles. The zero-order chi connectivity index (χ0) is 13.8. The first-order chi connectivity index (χ1) is 9.06. The first-order valence-corrected chi connectivity index (χ1v) is 7.05. The van der Waals surface area contributed by atoms with Gasteiger partial charge in [0, 0.05) is 11.9 Å². The van der Waals surface area contributed by atoms with Crippen LogP contribution in [0.1, 0.15) is 23.6 Å². The third-order valence-electron chi connectivity index (χ3n) is 2.68. The molecule has 102 valence electrons. The highest BCUT2D eigenvalue weighted by atomic mass is 35.5. The molecule has 0 saturated heterocycles. The second-order valence-electron chi connectivity index (χ2n) is 4.25. The van der Waals surface area contributed by atoms with Gasteiger partial charge in [0.25, 0.3) is 0 Å². The Labute approximate surface area is 121 Å². The molecule has 2 aromatic rings. The van der Waals surface area contributed by atoms with Gasteiger partial charge in [-0.15, -0.1) is 11.3 Å². The average molecular weight is 299 g/mol. The number of furan rings is 1. The van der Waals surface area contributed by atoms with Gasteiger partial charge < -0.3 is 14.6 Å². The highest BCUT2D eigenvalue weighted by Gasteiger charge is 2.15. The smallest absolute Gasteiger partial charge is 0.318 e. The van der Waals surface area contributed by atoms with E-state index in [1.54, 1.807) is 24.3 Å². The Balaban J connectivity index is 1.89. The second kappa shape index (κ2) is 6.12. The largest absolute Gasteiger partial charge is 0.467 e. The minimum absolute atomic E-state index is 0.0657. The molecule has 2 rings (SSSR count). The summed E-state index contributed by atoms with van der Waals surface area (Å²) in [5, 5.41) is 2.92. The number of carbonyl (C=O) groups is 1. The van der Waals surface area contributed by atoms with Gasteiger partial charge in [-0.2, -0.15) is 0 Å². The monoisotopic (exact) mass is 298 g/mol. The van der Waals surface area contributed by atoms with E-state index in [0.29, 0.717) is 6.54 Å². The van der Waals surface area contributed by atoms with Crippen molar-refractivity contribution < 1.29 is 9.21 Å². The number of carbonyl (C=O) groups excluding carboxylic acids is 1. The van der Waals surface area contributed by atoms with Crippen molar-refractivity contribution >= 4 is 29.0 Å². The van der Waals surface area contributed by atoms with E-state index >= 15 is 0 Å². The summed E-state index contributed by atoms with van der Waals surface area (Å²) in [4.78, 5) is 14.6. The van der Waals surface area contributed by atoms with Crippen LogP contribution in [0, 0.1) is 0 Å². The Morgan fingerprint density at radius 2 is 2.32 bits per heavy atom. The number of urea groups is 1. The Hall–Kier alpha value is -1.46. The van der Waals surface area contributed by atoms with Crippen LogP contribution in [0.4, 0.5) is 4.79 Å². The van der Waals surface area contributed by atoms with Gasteiger partial charge >= 0.3 is 6.03 Å². The molecule has 4 nitrogen and oxygen atoms in total. The summed E-state index contributed by atoms with van der Waals surface area (Å²) in [6.45, 7) is 2.37. The maximum atomic E-state index is 12.0. The van der Waals surface area contributed by atoms with E-state index in [-0.39, 0.29) is 12.1 Å². The summed E-state index contributed by atoms with van der Waals surface area (Å²) in [6.07, 6.45) is 1.59. The normalized spacial score (nSPS) is 12.2. The van der Waals surface area contributed by atoms with Crippen molar-refractivity contribution in [1.29, 1.82) is 0 Å². The number of halogens is 1. The molecule has 0 aromatic carbocycles. The molecule has 0 fully saturated rings. The number of hydrogen-bond donors (Lipinski definition) is 1. The molecule has 0 bridgehead atoms. The van der Waals surface area contributed by atoms with Crippen LogP contribution in [0.5, 0.6) is 0 Å². The molecule has 2 heterocycles. The van der Waals surface area contributed by atoms with E-state index in [2.05, 4.69) is 5.32 Å². The fraction of sp³-hybridized carbons (Fsp3) is 0.308. The predicted molar refractivity (Wildman–Crippen MR) is 76.5 cm³/mol. The Morgan fingerprint density at radius 1 is 1.53 bits per heavy atom. The third-order valence-corrected chi connectivity index (χ3v) is 4.09. The highest BCUT2D eigenvalue weighted by molar-refractivity contribution is 7.16. The maximum absolute atomic E-state index is 12.0. The van der Waals surface area contributed by atoms with E-state index in [4.69, 9.17) is 16.0 Å². The average Bonchev–Trinajstić information content (AvgIpc) is 3.00. The van der Waals surface area contributed by atoms with E-state index in [0.717, 1.165) is 15.0 Å². The molecule has 6 heteroatoms. The fourth-order valence-corrected chi connectivity index (χ4v) is 2.70. The van der Waals surface area contributed by atoms with Crippen LogP contribution < -0.4 is 5.32 Å². The molecular weight excluding hydrogens is 284 g/mol. The summed E-state index contributed by atoms with van der Waals surface area (Å²) in [7, 11) is 1.73. The van der Waals surface area contributed by atoms with Gasteiger partial charge in [-0.1, -0.05) is 11.6 Å². The fourth-order valence-electron chi connectivity index (χ4n) is 1.64. The molecule has 0 aliphatic rings. The van der Waals surface area contributed by atoms with Crippen molar-refractivity contribution in [3.05, 3.63) is 45.5 Å². The van der Waals surface area contributed by atoms with E-state index in [1.165, 1.54) is 11.3 Å². The zero-order valence-electron chi connectivity index (χ0n) is 10.7. The molecule has 2 aromatic heterocycles. The van der Waals surface area contributed by atoms with Gasteiger partial charge in [-0.3, -0.25) is 0 Å². The Kier molecular flexibility index (Phi) is 4.50. The van der Waals surface area contributed by atoms with Gasteiger partial charge in [-0.25, -0.2) is 4.79 Å². The summed E-state index contributed by atoms with van der Waals surface area (Å²) in [5.74, 6) is 0.754. The molecule has 19 heavy (non-hydrogen) atoms. The lowest BCUT2D eigenvalue weighted by Crippen LogP contribution is -2.37. The minimum atomic E-state index is -0.145. The predicted octanol–water partition coefficient (Wildman–Crippen LogP) is 3.90. The lowest BCUT2D eigenvalue weighted by Gasteiger charge is -2.19. The van der Waals surface area contributed by atoms with Gasteiger partial charge in [0.2, 0.25) is 0 Å². The SMILES string of the molecule is C[C@H](NC(=O)N(C)Cc1ccco1)c1ccc(Cl)s1. The lowest BCUT2D eigenvalue weighted by atomic mass is 10.3. The summed E-state index contributed by atoms with van der Waals surface area (Å²) < 4.78 is 5.93. The first kappa shape index (κ1) is 14.0. The standard InChI is InChI=1S/C13H15ClN2O2S/c1-9(11-5-6-12(14)19-11)15-13(17)16(2)8-10-4-3-7-18-10/h3-7,9H,8H2,1-2H3,(H,15,17)/t9-/m0/s1. The number of nitrogens with zero attached hydrogens (tertiary/aromatic N) is 1.